The molecule has 1 aromatic rings. The van der Waals surface area contributed by atoms with Crippen molar-refractivity contribution in [1.82, 2.24) is 4.90 Å². The van der Waals surface area contributed by atoms with E-state index in [9.17, 15) is 0 Å². The first-order chi connectivity index (χ1) is 8.29. The van der Waals surface area contributed by atoms with Crippen LogP contribution in [-0.2, 0) is 11.3 Å². The fourth-order valence-corrected chi connectivity index (χ4v) is 2.41. The zero-order valence-electron chi connectivity index (χ0n) is 10.6. The summed E-state index contributed by atoms with van der Waals surface area (Å²) in [5, 5.41) is 0. The zero-order valence-corrected chi connectivity index (χ0v) is 10.6. The van der Waals surface area contributed by atoms with Gasteiger partial charge in [-0.25, -0.2) is 0 Å². The Bertz CT molecular complexity index is 348. The number of nitrogen functional groups attached to an aromatic ring is 1. The minimum Gasteiger partial charge on any atom is -0.399 e. The zero-order chi connectivity index (χ0) is 12.1. The van der Waals surface area contributed by atoms with E-state index < -0.39 is 0 Å². The van der Waals surface area contributed by atoms with E-state index in [1.165, 1.54) is 12.0 Å². The number of rotatable bonds is 5. The molecular weight excluding hydrogens is 212 g/mol. The van der Waals surface area contributed by atoms with Gasteiger partial charge in [0, 0.05) is 24.9 Å². The lowest BCUT2D eigenvalue weighted by Gasteiger charge is -2.27. The Balaban J connectivity index is 2.01. The number of ether oxygens (including phenoxy) is 1. The van der Waals surface area contributed by atoms with Gasteiger partial charge in [-0.1, -0.05) is 19.1 Å². The molecule has 1 saturated heterocycles. The number of anilines is 1. The van der Waals surface area contributed by atoms with Crippen LogP contribution in [0.2, 0.25) is 0 Å². The van der Waals surface area contributed by atoms with Crippen molar-refractivity contribution >= 4 is 5.69 Å². The van der Waals surface area contributed by atoms with Crippen molar-refractivity contribution in [3.8, 4) is 0 Å². The first-order valence-electron chi connectivity index (χ1n) is 6.46. The van der Waals surface area contributed by atoms with Crippen LogP contribution in [0.1, 0.15) is 25.3 Å². The van der Waals surface area contributed by atoms with Crippen molar-refractivity contribution in [2.24, 2.45) is 0 Å². The number of hydrogen-bond acceptors (Lipinski definition) is 3. The molecule has 2 N–H and O–H groups in total. The molecule has 1 aliphatic heterocycles. The van der Waals surface area contributed by atoms with Crippen LogP contribution in [0.25, 0.3) is 0 Å². The highest BCUT2D eigenvalue weighted by atomic mass is 16.5. The van der Waals surface area contributed by atoms with Gasteiger partial charge in [-0.15, -0.1) is 0 Å². The van der Waals surface area contributed by atoms with Gasteiger partial charge >= 0.3 is 0 Å². The van der Waals surface area contributed by atoms with Crippen molar-refractivity contribution in [1.29, 1.82) is 0 Å². The number of benzene rings is 1. The molecule has 3 heteroatoms. The van der Waals surface area contributed by atoms with E-state index in [0.29, 0.717) is 6.04 Å². The van der Waals surface area contributed by atoms with Gasteiger partial charge in [-0.3, -0.25) is 4.90 Å². The highest BCUT2D eigenvalue weighted by Gasteiger charge is 2.22. The minimum absolute atomic E-state index is 0.580. The summed E-state index contributed by atoms with van der Waals surface area (Å²) in [6, 6.07) is 8.76. The molecule has 1 heterocycles. The Morgan fingerprint density at radius 2 is 2.35 bits per heavy atom. The maximum absolute atomic E-state index is 5.82. The summed E-state index contributed by atoms with van der Waals surface area (Å²) in [6.45, 7) is 6.11. The molecule has 2 rings (SSSR count). The fraction of sp³-hybridized carbons (Fsp3) is 0.571. The SMILES string of the molecule is CCCN(Cc1cccc(N)c1)C1CCOC1. The summed E-state index contributed by atoms with van der Waals surface area (Å²) < 4.78 is 5.48. The third-order valence-electron chi connectivity index (χ3n) is 3.27. The van der Waals surface area contributed by atoms with Gasteiger partial charge in [0.1, 0.15) is 0 Å². The normalized spacial score (nSPS) is 20.0. The molecular formula is C14H22N2O. The lowest BCUT2D eigenvalue weighted by atomic mass is 10.1. The molecule has 1 aromatic carbocycles. The summed E-state index contributed by atoms with van der Waals surface area (Å²) in [5.74, 6) is 0. The van der Waals surface area contributed by atoms with Gasteiger partial charge < -0.3 is 10.5 Å². The molecule has 17 heavy (non-hydrogen) atoms. The monoisotopic (exact) mass is 234 g/mol. The van der Waals surface area contributed by atoms with E-state index in [1.54, 1.807) is 0 Å². The molecule has 0 aromatic heterocycles. The van der Waals surface area contributed by atoms with E-state index in [0.717, 1.165) is 38.4 Å². The summed E-state index contributed by atoms with van der Waals surface area (Å²) in [4.78, 5) is 2.52. The number of nitrogens with two attached hydrogens (primary N) is 1. The molecule has 0 spiro atoms. The Labute approximate surface area is 104 Å². The van der Waals surface area contributed by atoms with E-state index in [1.807, 2.05) is 12.1 Å². The quantitative estimate of drug-likeness (QED) is 0.794. The molecule has 1 aliphatic rings. The summed E-state index contributed by atoms with van der Waals surface area (Å²) in [6.07, 6.45) is 2.33. The molecule has 0 saturated carbocycles. The van der Waals surface area contributed by atoms with Gasteiger partial charge in [0.15, 0.2) is 0 Å². The van der Waals surface area contributed by atoms with E-state index in [4.69, 9.17) is 10.5 Å². The average molecular weight is 234 g/mol. The standard InChI is InChI=1S/C14H22N2O/c1-2-7-16(14-6-8-17-11-14)10-12-4-3-5-13(15)9-12/h3-5,9,14H,2,6-8,10-11,15H2,1H3. The molecule has 0 aliphatic carbocycles. The highest BCUT2D eigenvalue weighted by molar-refractivity contribution is 5.40. The lowest BCUT2D eigenvalue weighted by Crippen LogP contribution is -2.35. The molecule has 0 radical (unpaired) electrons. The van der Waals surface area contributed by atoms with Crippen molar-refractivity contribution in [2.75, 3.05) is 25.5 Å². The number of nitrogens with zero attached hydrogens (tertiary/aromatic N) is 1. The molecule has 3 nitrogen and oxygen atoms in total. The summed E-state index contributed by atoms with van der Waals surface area (Å²) in [7, 11) is 0. The van der Waals surface area contributed by atoms with Crippen LogP contribution in [0.15, 0.2) is 24.3 Å². The molecule has 0 amide bonds. The molecule has 1 unspecified atom stereocenters. The third kappa shape index (κ3) is 3.45. The maximum Gasteiger partial charge on any atom is 0.0622 e. The summed E-state index contributed by atoms with van der Waals surface area (Å²) in [5.41, 5.74) is 7.96. The molecule has 0 bridgehead atoms. The van der Waals surface area contributed by atoms with Gasteiger partial charge in [0.05, 0.1) is 6.61 Å². The Kier molecular flexibility index (Phi) is 4.40. The van der Waals surface area contributed by atoms with Crippen LogP contribution in [0.4, 0.5) is 5.69 Å². The Hall–Kier alpha value is -1.06. The van der Waals surface area contributed by atoms with Crippen LogP contribution >= 0.6 is 0 Å². The largest absolute Gasteiger partial charge is 0.399 e. The van der Waals surface area contributed by atoms with Gasteiger partial charge in [0.2, 0.25) is 0 Å². The Morgan fingerprint density at radius 3 is 3.00 bits per heavy atom. The second kappa shape index (κ2) is 6.03. The second-order valence-electron chi connectivity index (χ2n) is 4.73. The van der Waals surface area contributed by atoms with Gasteiger partial charge in [-0.2, -0.15) is 0 Å². The van der Waals surface area contributed by atoms with Crippen molar-refractivity contribution in [3.05, 3.63) is 29.8 Å². The third-order valence-corrected chi connectivity index (χ3v) is 3.27. The van der Waals surface area contributed by atoms with Gasteiger partial charge in [-0.05, 0) is 37.1 Å². The van der Waals surface area contributed by atoms with Crippen LogP contribution in [0.3, 0.4) is 0 Å². The van der Waals surface area contributed by atoms with E-state index >= 15 is 0 Å². The highest BCUT2D eigenvalue weighted by Crippen LogP contribution is 2.17. The van der Waals surface area contributed by atoms with Crippen LogP contribution in [-0.4, -0.2) is 30.7 Å². The number of hydrogen-bond donors (Lipinski definition) is 1. The lowest BCUT2D eigenvalue weighted by molar-refractivity contribution is 0.139. The molecule has 1 atom stereocenters. The second-order valence-corrected chi connectivity index (χ2v) is 4.73. The van der Waals surface area contributed by atoms with Crippen LogP contribution in [0.5, 0.6) is 0 Å². The van der Waals surface area contributed by atoms with Crippen LogP contribution < -0.4 is 5.73 Å². The average Bonchev–Trinajstić information content (AvgIpc) is 2.82. The fourth-order valence-electron chi connectivity index (χ4n) is 2.41. The van der Waals surface area contributed by atoms with Crippen molar-refractivity contribution in [2.45, 2.75) is 32.4 Å². The van der Waals surface area contributed by atoms with Crippen molar-refractivity contribution < 1.29 is 4.74 Å². The van der Waals surface area contributed by atoms with E-state index in [2.05, 4.69) is 24.0 Å². The first kappa shape index (κ1) is 12.4. The predicted octanol–water partition coefficient (Wildman–Crippen LogP) is 2.27. The maximum atomic E-state index is 5.82. The Morgan fingerprint density at radius 1 is 1.47 bits per heavy atom. The molecule has 94 valence electrons. The minimum atomic E-state index is 0.580. The van der Waals surface area contributed by atoms with Crippen LogP contribution in [0, 0.1) is 0 Å². The molecule has 1 fully saturated rings. The predicted molar refractivity (Wildman–Crippen MR) is 70.8 cm³/mol. The topological polar surface area (TPSA) is 38.5 Å². The van der Waals surface area contributed by atoms with Gasteiger partial charge in [0.25, 0.3) is 0 Å². The smallest absolute Gasteiger partial charge is 0.0622 e. The summed E-state index contributed by atoms with van der Waals surface area (Å²) >= 11 is 0. The first-order valence-corrected chi connectivity index (χ1v) is 6.46. The van der Waals surface area contributed by atoms with E-state index in [-0.39, 0.29) is 0 Å². The van der Waals surface area contributed by atoms with Crippen molar-refractivity contribution in [3.63, 3.8) is 0 Å².